The van der Waals surface area contributed by atoms with Crippen molar-refractivity contribution in [2.75, 3.05) is 0 Å². The van der Waals surface area contributed by atoms with Crippen LogP contribution in [-0.2, 0) is 0 Å². The molecule has 1 aromatic heterocycles. The van der Waals surface area contributed by atoms with Gasteiger partial charge in [-0.05, 0) is 70.6 Å². The minimum atomic E-state index is 0.630. The van der Waals surface area contributed by atoms with Crippen LogP contribution in [0.1, 0.15) is 0 Å². The van der Waals surface area contributed by atoms with Crippen LogP contribution in [0.15, 0.2) is 78.9 Å². The topological polar surface area (TPSA) is 34.6 Å². The lowest BCUT2D eigenvalue weighted by atomic mass is 10.2. The highest BCUT2D eigenvalue weighted by Gasteiger charge is 2.23. The number of hydrogen-bond acceptors (Lipinski definition) is 2. The summed E-state index contributed by atoms with van der Waals surface area (Å²) >= 11 is 12.0. The molecule has 0 bridgehead atoms. The van der Waals surface area contributed by atoms with Crippen LogP contribution in [0.5, 0.6) is 0 Å². The Morgan fingerprint density at radius 2 is 1.32 bits per heavy atom. The molecule has 4 nitrogen and oxygen atoms in total. The third-order valence-electron chi connectivity index (χ3n) is 3.71. The molecule has 0 aliphatic rings. The standard InChI is InChI=1S/C19H13Cl2N4/c20-15-6-10-17(11-7-15)24-22-19(14-4-2-1-3-5-14)23-25(24)18-12-8-16(21)9-13-18/h1-13H/q+1. The first-order valence-electron chi connectivity index (χ1n) is 7.68. The molecule has 0 aliphatic carbocycles. The van der Waals surface area contributed by atoms with E-state index in [2.05, 4.69) is 10.2 Å². The molecule has 0 saturated heterocycles. The molecule has 4 aromatic rings. The Morgan fingerprint density at radius 3 is 1.96 bits per heavy atom. The van der Waals surface area contributed by atoms with Gasteiger partial charge in [0, 0.05) is 14.8 Å². The Kier molecular flexibility index (Phi) is 4.22. The Balaban J connectivity index is 1.89. The van der Waals surface area contributed by atoms with Gasteiger partial charge >= 0.3 is 5.82 Å². The highest BCUT2D eigenvalue weighted by Crippen LogP contribution is 2.17. The number of hydrogen-bond donors (Lipinski definition) is 0. The molecule has 6 heteroatoms. The molecule has 0 spiro atoms. The van der Waals surface area contributed by atoms with Crippen LogP contribution in [0.4, 0.5) is 0 Å². The summed E-state index contributed by atoms with van der Waals surface area (Å²) in [5.41, 5.74) is 2.65. The number of tetrazole rings is 1. The molecule has 25 heavy (non-hydrogen) atoms. The van der Waals surface area contributed by atoms with Crippen molar-refractivity contribution in [3.05, 3.63) is 88.9 Å². The van der Waals surface area contributed by atoms with Crippen LogP contribution in [0.3, 0.4) is 0 Å². The summed E-state index contributed by atoms with van der Waals surface area (Å²) in [5.74, 6) is 0.630. The fourth-order valence-corrected chi connectivity index (χ4v) is 2.72. The minimum absolute atomic E-state index is 0.630. The summed E-state index contributed by atoms with van der Waals surface area (Å²) in [5, 5.41) is 10.7. The van der Waals surface area contributed by atoms with E-state index in [1.54, 1.807) is 9.59 Å². The number of rotatable bonds is 3. The molecule has 4 rings (SSSR count). The van der Waals surface area contributed by atoms with Crippen molar-refractivity contribution in [1.82, 2.24) is 15.0 Å². The van der Waals surface area contributed by atoms with Gasteiger partial charge in [0.1, 0.15) is 5.69 Å². The van der Waals surface area contributed by atoms with Crippen LogP contribution >= 0.6 is 23.2 Å². The largest absolute Gasteiger partial charge is 0.340 e. The van der Waals surface area contributed by atoms with Gasteiger partial charge in [-0.2, -0.15) is 0 Å². The van der Waals surface area contributed by atoms with Crippen molar-refractivity contribution < 1.29 is 4.80 Å². The van der Waals surface area contributed by atoms with Crippen molar-refractivity contribution in [2.24, 2.45) is 0 Å². The van der Waals surface area contributed by atoms with Crippen molar-refractivity contribution >= 4 is 23.2 Å². The number of benzene rings is 3. The first-order valence-corrected chi connectivity index (χ1v) is 8.43. The van der Waals surface area contributed by atoms with E-state index < -0.39 is 0 Å². The number of aromatic nitrogens is 4. The van der Waals surface area contributed by atoms with Crippen LogP contribution in [0.2, 0.25) is 10.0 Å². The fraction of sp³-hybridized carbons (Fsp3) is 0. The molecule has 0 saturated carbocycles. The molecular weight excluding hydrogens is 355 g/mol. The molecule has 122 valence electrons. The molecular formula is C19H13Cl2N4+. The highest BCUT2D eigenvalue weighted by molar-refractivity contribution is 6.30. The second-order valence-corrected chi connectivity index (χ2v) is 6.29. The van der Waals surface area contributed by atoms with E-state index in [9.17, 15) is 0 Å². The lowest BCUT2D eigenvalue weighted by Gasteiger charge is -2.00. The van der Waals surface area contributed by atoms with Gasteiger partial charge < -0.3 is 0 Å². The second-order valence-electron chi connectivity index (χ2n) is 5.42. The van der Waals surface area contributed by atoms with Crippen LogP contribution in [-0.4, -0.2) is 15.0 Å². The minimum Gasteiger partial charge on any atom is -0.0843 e. The summed E-state index contributed by atoms with van der Waals surface area (Å²) in [4.78, 5) is 3.48. The lowest BCUT2D eigenvalue weighted by Crippen LogP contribution is -2.43. The van der Waals surface area contributed by atoms with E-state index in [1.807, 2.05) is 78.9 Å². The highest BCUT2D eigenvalue weighted by atomic mass is 35.5. The first-order chi connectivity index (χ1) is 12.2. The summed E-state index contributed by atoms with van der Waals surface area (Å²) in [6.45, 7) is 0. The van der Waals surface area contributed by atoms with Crippen molar-refractivity contribution in [1.29, 1.82) is 0 Å². The Hall–Kier alpha value is -2.69. The molecule has 0 fully saturated rings. The predicted molar refractivity (Wildman–Crippen MR) is 98.3 cm³/mol. The van der Waals surface area contributed by atoms with Gasteiger partial charge in [0.2, 0.25) is 0 Å². The maximum atomic E-state index is 6.01. The smallest absolute Gasteiger partial charge is 0.0843 e. The summed E-state index contributed by atoms with van der Waals surface area (Å²) in [7, 11) is 0. The van der Waals surface area contributed by atoms with Gasteiger partial charge in [0.05, 0.1) is 10.7 Å². The maximum absolute atomic E-state index is 6.01. The van der Waals surface area contributed by atoms with E-state index in [0.717, 1.165) is 16.9 Å². The van der Waals surface area contributed by atoms with E-state index >= 15 is 0 Å². The summed E-state index contributed by atoms with van der Waals surface area (Å²) < 4.78 is 0. The maximum Gasteiger partial charge on any atom is 0.340 e. The number of halogens is 2. The molecule has 0 atom stereocenters. The van der Waals surface area contributed by atoms with Gasteiger partial charge in [-0.1, -0.05) is 41.4 Å². The van der Waals surface area contributed by atoms with Gasteiger partial charge in [-0.3, -0.25) is 0 Å². The van der Waals surface area contributed by atoms with E-state index in [0.29, 0.717) is 15.9 Å². The van der Waals surface area contributed by atoms with Crippen LogP contribution in [0, 0.1) is 0 Å². The third kappa shape index (κ3) is 3.27. The Morgan fingerprint density at radius 1 is 0.720 bits per heavy atom. The molecule has 0 unspecified atom stereocenters. The lowest BCUT2D eigenvalue weighted by molar-refractivity contribution is -0.734. The SMILES string of the molecule is Clc1ccc(-n2nc(-c3ccccc3)n[n+]2-c2ccc(Cl)cc2)cc1. The molecule has 0 radical (unpaired) electrons. The van der Waals surface area contributed by atoms with Gasteiger partial charge in [0.25, 0.3) is 0 Å². The average molecular weight is 368 g/mol. The molecule has 0 N–H and O–H groups in total. The van der Waals surface area contributed by atoms with E-state index in [4.69, 9.17) is 23.2 Å². The quantitative estimate of drug-likeness (QED) is 0.499. The normalized spacial score (nSPS) is 10.8. The Labute approximate surface area is 154 Å². The zero-order valence-electron chi connectivity index (χ0n) is 13.1. The Bertz CT molecular complexity index is 931. The average Bonchev–Trinajstić information content (AvgIpc) is 3.09. The van der Waals surface area contributed by atoms with Crippen LogP contribution < -0.4 is 4.80 Å². The molecule has 1 heterocycles. The van der Waals surface area contributed by atoms with E-state index in [1.165, 1.54) is 0 Å². The van der Waals surface area contributed by atoms with E-state index in [-0.39, 0.29) is 0 Å². The predicted octanol–water partition coefficient (Wildman–Crippen LogP) is 4.52. The van der Waals surface area contributed by atoms with Crippen molar-refractivity contribution in [2.45, 2.75) is 0 Å². The van der Waals surface area contributed by atoms with Crippen molar-refractivity contribution in [3.8, 4) is 22.8 Å². The second kappa shape index (κ2) is 6.67. The van der Waals surface area contributed by atoms with Crippen LogP contribution in [0.25, 0.3) is 22.8 Å². The monoisotopic (exact) mass is 367 g/mol. The van der Waals surface area contributed by atoms with Crippen molar-refractivity contribution in [3.63, 3.8) is 0 Å². The fourth-order valence-electron chi connectivity index (χ4n) is 2.47. The molecule has 0 aliphatic heterocycles. The third-order valence-corrected chi connectivity index (χ3v) is 4.21. The van der Waals surface area contributed by atoms with Gasteiger partial charge in [-0.25, -0.2) is 0 Å². The summed E-state index contributed by atoms with van der Waals surface area (Å²) in [6, 6.07) is 24.8. The zero-order chi connectivity index (χ0) is 17.2. The molecule has 3 aromatic carbocycles. The molecule has 0 amide bonds. The number of nitrogens with zero attached hydrogens (tertiary/aromatic N) is 4. The first kappa shape index (κ1) is 15.8. The summed E-state index contributed by atoms with van der Waals surface area (Å²) in [6.07, 6.45) is 0. The van der Waals surface area contributed by atoms with Gasteiger partial charge in [-0.15, -0.1) is 0 Å². The van der Waals surface area contributed by atoms with Gasteiger partial charge in [0.15, 0.2) is 5.69 Å². The zero-order valence-corrected chi connectivity index (χ0v) is 14.6.